The Morgan fingerprint density at radius 2 is 2.26 bits per heavy atom. The highest BCUT2D eigenvalue weighted by molar-refractivity contribution is 5.74. The first-order valence-corrected chi connectivity index (χ1v) is 7.54. The topological polar surface area (TPSA) is 65.1 Å². The number of hydrogen-bond acceptors (Lipinski definition) is 5. The molecule has 0 unspecified atom stereocenters. The summed E-state index contributed by atoms with van der Waals surface area (Å²) in [4.78, 5) is 4.30. The van der Waals surface area contributed by atoms with Gasteiger partial charge in [0, 0.05) is 31.0 Å². The van der Waals surface area contributed by atoms with E-state index >= 15 is 0 Å². The van der Waals surface area contributed by atoms with Crippen LogP contribution in [0.4, 0.5) is 10.4 Å². The lowest BCUT2D eigenvalue weighted by atomic mass is 10.0. The molecule has 0 amide bonds. The number of hydrogen-bond donors (Lipinski definition) is 1. The average Bonchev–Trinajstić information content (AvgIpc) is 3.20. The van der Waals surface area contributed by atoms with Gasteiger partial charge in [0.2, 0.25) is 0 Å². The summed E-state index contributed by atoms with van der Waals surface area (Å²) < 4.78 is 26.6. The zero-order chi connectivity index (χ0) is 16.0. The van der Waals surface area contributed by atoms with E-state index in [1.165, 1.54) is 12.1 Å². The van der Waals surface area contributed by atoms with Crippen LogP contribution in [0.5, 0.6) is 0 Å². The van der Waals surface area contributed by atoms with Gasteiger partial charge in [-0.25, -0.2) is 4.39 Å². The summed E-state index contributed by atoms with van der Waals surface area (Å²) in [6, 6.07) is 4.72. The number of fused-ring (bicyclic) bond motifs is 1. The Morgan fingerprint density at radius 3 is 3.04 bits per heavy atom. The SMILES string of the molecule is Cc1c([C@H]2OCC[C@@H]2Nc2nc3cc(F)ccc3o2)cnn1C. The zero-order valence-corrected chi connectivity index (χ0v) is 12.9. The molecule has 1 saturated heterocycles. The quantitative estimate of drug-likeness (QED) is 0.805. The molecule has 0 saturated carbocycles. The second-order valence-electron chi connectivity index (χ2n) is 5.77. The molecular weight excluding hydrogens is 299 g/mol. The first kappa shape index (κ1) is 14.2. The number of benzene rings is 1. The van der Waals surface area contributed by atoms with Crippen LogP contribution in [0.1, 0.15) is 23.8 Å². The second-order valence-corrected chi connectivity index (χ2v) is 5.77. The van der Waals surface area contributed by atoms with E-state index in [1.807, 2.05) is 24.9 Å². The third kappa shape index (κ3) is 2.46. The van der Waals surface area contributed by atoms with Crippen LogP contribution in [0.15, 0.2) is 28.8 Å². The lowest BCUT2D eigenvalue weighted by molar-refractivity contribution is 0.107. The molecule has 2 atom stereocenters. The van der Waals surface area contributed by atoms with E-state index in [1.54, 1.807) is 6.07 Å². The van der Waals surface area contributed by atoms with Crippen molar-refractivity contribution in [3.05, 3.63) is 41.5 Å². The normalized spacial score (nSPS) is 21.2. The van der Waals surface area contributed by atoms with Gasteiger partial charge < -0.3 is 14.5 Å². The Balaban J connectivity index is 1.60. The molecule has 0 bridgehead atoms. The van der Waals surface area contributed by atoms with Gasteiger partial charge in [-0.05, 0) is 25.5 Å². The summed E-state index contributed by atoms with van der Waals surface area (Å²) in [6.45, 7) is 2.68. The van der Waals surface area contributed by atoms with Gasteiger partial charge in [0.25, 0.3) is 6.01 Å². The monoisotopic (exact) mass is 316 g/mol. The minimum atomic E-state index is -0.328. The number of nitrogens with zero attached hydrogens (tertiary/aromatic N) is 3. The minimum absolute atomic E-state index is 0.0378. The van der Waals surface area contributed by atoms with Crippen molar-refractivity contribution in [2.75, 3.05) is 11.9 Å². The molecule has 0 aliphatic carbocycles. The molecule has 1 aliphatic heterocycles. The number of aromatic nitrogens is 3. The van der Waals surface area contributed by atoms with Crippen LogP contribution in [-0.4, -0.2) is 27.4 Å². The van der Waals surface area contributed by atoms with Gasteiger partial charge in [-0.15, -0.1) is 0 Å². The van der Waals surface area contributed by atoms with Crippen molar-refractivity contribution < 1.29 is 13.5 Å². The Bertz CT molecular complexity index is 857. The molecule has 3 aromatic rings. The van der Waals surface area contributed by atoms with Crippen LogP contribution in [0.3, 0.4) is 0 Å². The molecule has 120 valence electrons. The molecule has 1 aliphatic rings. The van der Waals surface area contributed by atoms with Gasteiger partial charge in [-0.2, -0.15) is 10.1 Å². The van der Waals surface area contributed by atoms with Crippen LogP contribution in [0.25, 0.3) is 11.1 Å². The van der Waals surface area contributed by atoms with Crippen molar-refractivity contribution in [2.24, 2.45) is 7.05 Å². The summed E-state index contributed by atoms with van der Waals surface area (Å²) in [5, 5.41) is 7.55. The maximum atomic E-state index is 13.2. The van der Waals surface area contributed by atoms with E-state index < -0.39 is 0 Å². The minimum Gasteiger partial charge on any atom is -0.424 e. The van der Waals surface area contributed by atoms with Gasteiger partial charge in [0.05, 0.1) is 12.2 Å². The van der Waals surface area contributed by atoms with Crippen molar-refractivity contribution in [1.82, 2.24) is 14.8 Å². The van der Waals surface area contributed by atoms with Gasteiger partial charge in [-0.3, -0.25) is 4.68 Å². The lowest BCUT2D eigenvalue weighted by Gasteiger charge is -2.18. The molecule has 4 rings (SSSR count). The molecule has 3 heterocycles. The van der Waals surface area contributed by atoms with Gasteiger partial charge >= 0.3 is 0 Å². The van der Waals surface area contributed by atoms with E-state index in [4.69, 9.17) is 9.15 Å². The van der Waals surface area contributed by atoms with E-state index in [2.05, 4.69) is 15.4 Å². The number of ether oxygens (including phenoxy) is 1. The van der Waals surface area contributed by atoms with Crippen molar-refractivity contribution >= 4 is 17.1 Å². The maximum absolute atomic E-state index is 13.2. The molecule has 7 heteroatoms. The number of nitrogens with one attached hydrogen (secondary N) is 1. The van der Waals surface area contributed by atoms with E-state index in [0.29, 0.717) is 23.7 Å². The molecule has 1 N–H and O–H groups in total. The highest BCUT2D eigenvalue weighted by Gasteiger charge is 2.33. The molecular formula is C16H17FN4O2. The van der Waals surface area contributed by atoms with Crippen LogP contribution in [0, 0.1) is 12.7 Å². The Labute approximate surface area is 132 Å². The Hall–Kier alpha value is -2.41. The number of anilines is 1. The molecule has 1 fully saturated rings. The lowest BCUT2D eigenvalue weighted by Crippen LogP contribution is -2.23. The summed E-state index contributed by atoms with van der Waals surface area (Å²) in [6.07, 6.45) is 2.57. The predicted octanol–water partition coefficient (Wildman–Crippen LogP) is 2.95. The first-order valence-electron chi connectivity index (χ1n) is 7.54. The Kier molecular flexibility index (Phi) is 3.30. The fourth-order valence-electron chi connectivity index (χ4n) is 2.96. The van der Waals surface area contributed by atoms with E-state index in [9.17, 15) is 4.39 Å². The smallest absolute Gasteiger partial charge is 0.296 e. The van der Waals surface area contributed by atoms with E-state index in [-0.39, 0.29) is 18.0 Å². The van der Waals surface area contributed by atoms with Crippen molar-refractivity contribution in [1.29, 1.82) is 0 Å². The number of rotatable bonds is 3. The number of halogens is 1. The fourth-order valence-corrected chi connectivity index (χ4v) is 2.96. The molecule has 0 spiro atoms. The predicted molar refractivity (Wildman–Crippen MR) is 82.6 cm³/mol. The van der Waals surface area contributed by atoms with Crippen LogP contribution < -0.4 is 5.32 Å². The van der Waals surface area contributed by atoms with Gasteiger partial charge in [0.1, 0.15) is 17.4 Å². The largest absolute Gasteiger partial charge is 0.424 e. The highest BCUT2D eigenvalue weighted by atomic mass is 19.1. The molecule has 2 aromatic heterocycles. The summed E-state index contributed by atoms with van der Waals surface area (Å²) in [5.41, 5.74) is 3.19. The summed E-state index contributed by atoms with van der Waals surface area (Å²) >= 11 is 0. The summed E-state index contributed by atoms with van der Waals surface area (Å²) in [5.74, 6) is -0.328. The number of aryl methyl sites for hydroxylation is 1. The fraction of sp³-hybridized carbons (Fsp3) is 0.375. The second kappa shape index (κ2) is 5.34. The van der Waals surface area contributed by atoms with Gasteiger partial charge in [-0.1, -0.05) is 0 Å². The molecule has 6 nitrogen and oxygen atoms in total. The third-order valence-corrected chi connectivity index (χ3v) is 4.33. The van der Waals surface area contributed by atoms with Crippen molar-refractivity contribution in [3.63, 3.8) is 0 Å². The van der Waals surface area contributed by atoms with E-state index in [0.717, 1.165) is 17.7 Å². The van der Waals surface area contributed by atoms with Crippen molar-refractivity contribution in [3.8, 4) is 0 Å². The molecule has 0 radical (unpaired) electrons. The van der Waals surface area contributed by atoms with Crippen molar-refractivity contribution in [2.45, 2.75) is 25.5 Å². The standard InChI is InChI=1S/C16H17FN4O2/c1-9-11(8-18-21(9)2)15-12(5-6-22-15)19-16-20-13-7-10(17)3-4-14(13)23-16/h3-4,7-8,12,15H,5-6H2,1-2H3,(H,19,20)/t12-,15+/m0/s1. The number of oxazole rings is 1. The molecule has 23 heavy (non-hydrogen) atoms. The van der Waals surface area contributed by atoms with Crippen LogP contribution in [-0.2, 0) is 11.8 Å². The zero-order valence-electron chi connectivity index (χ0n) is 12.9. The van der Waals surface area contributed by atoms with Gasteiger partial charge in [0.15, 0.2) is 5.58 Å². The Morgan fingerprint density at radius 1 is 1.39 bits per heavy atom. The maximum Gasteiger partial charge on any atom is 0.296 e. The molecule has 1 aromatic carbocycles. The summed E-state index contributed by atoms with van der Waals surface area (Å²) in [7, 11) is 1.91. The highest BCUT2D eigenvalue weighted by Crippen LogP contribution is 2.33. The third-order valence-electron chi connectivity index (χ3n) is 4.33. The van der Waals surface area contributed by atoms with Crippen LogP contribution >= 0.6 is 0 Å². The van der Waals surface area contributed by atoms with Crippen LogP contribution in [0.2, 0.25) is 0 Å². The average molecular weight is 316 g/mol. The first-order chi connectivity index (χ1) is 11.1.